The minimum Gasteiger partial charge on any atom is -0.493 e. The van der Waals surface area contributed by atoms with Crippen molar-refractivity contribution < 1.29 is 14.3 Å². The van der Waals surface area contributed by atoms with E-state index >= 15 is 0 Å². The number of rotatable bonds is 6. The highest BCUT2D eigenvalue weighted by atomic mass is 35.5. The van der Waals surface area contributed by atoms with Crippen molar-refractivity contribution in [3.63, 3.8) is 0 Å². The Morgan fingerprint density at radius 2 is 2.25 bits per heavy atom. The van der Waals surface area contributed by atoms with Crippen LogP contribution in [-0.4, -0.2) is 43.7 Å². The zero-order valence-electron chi connectivity index (χ0n) is 14.3. The molecule has 0 spiro atoms. The number of fused-ring (bicyclic) bond motifs is 1. The molecule has 2 aliphatic heterocycles. The van der Waals surface area contributed by atoms with E-state index in [0.717, 1.165) is 43.8 Å². The van der Waals surface area contributed by atoms with Gasteiger partial charge in [-0.25, -0.2) is 0 Å². The summed E-state index contributed by atoms with van der Waals surface area (Å²) in [6.45, 7) is 5.37. The van der Waals surface area contributed by atoms with Gasteiger partial charge in [-0.15, -0.1) is 0 Å². The Labute approximate surface area is 148 Å². The third-order valence-electron chi connectivity index (χ3n) is 4.77. The summed E-state index contributed by atoms with van der Waals surface area (Å²) >= 11 is 6.25. The molecule has 132 valence electrons. The van der Waals surface area contributed by atoms with Crippen LogP contribution >= 0.6 is 11.6 Å². The van der Waals surface area contributed by atoms with Crippen molar-refractivity contribution in [1.29, 1.82) is 0 Å². The van der Waals surface area contributed by atoms with Crippen molar-refractivity contribution >= 4 is 17.5 Å². The van der Waals surface area contributed by atoms with E-state index in [9.17, 15) is 4.79 Å². The maximum Gasteiger partial charge on any atom is 0.220 e. The van der Waals surface area contributed by atoms with Gasteiger partial charge in [-0.3, -0.25) is 9.69 Å². The highest BCUT2D eigenvalue weighted by molar-refractivity contribution is 6.30. The van der Waals surface area contributed by atoms with Crippen LogP contribution < -0.4 is 14.8 Å². The Bertz CT molecular complexity index is 608. The lowest BCUT2D eigenvalue weighted by molar-refractivity contribution is -0.119. The van der Waals surface area contributed by atoms with Crippen LogP contribution in [0.4, 0.5) is 0 Å². The lowest BCUT2D eigenvalue weighted by Crippen LogP contribution is -2.44. The van der Waals surface area contributed by atoms with Gasteiger partial charge in [0.2, 0.25) is 5.91 Å². The van der Waals surface area contributed by atoms with Crippen LogP contribution in [0, 0.1) is 5.92 Å². The van der Waals surface area contributed by atoms with Crippen LogP contribution in [0.1, 0.15) is 31.7 Å². The fraction of sp³-hybridized carbons (Fsp3) is 0.611. The lowest BCUT2D eigenvalue weighted by Gasteiger charge is -2.34. The molecule has 0 bridgehead atoms. The second-order valence-electron chi connectivity index (χ2n) is 6.61. The molecule has 0 aliphatic carbocycles. The van der Waals surface area contributed by atoms with Crippen molar-refractivity contribution in [3.8, 4) is 11.5 Å². The van der Waals surface area contributed by atoms with E-state index in [-0.39, 0.29) is 5.91 Å². The van der Waals surface area contributed by atoms with Crippen LogP contribution in [0.2, 0.25) is 5.02 Å². The van der Waals surface area contributed by atoms with Gasteiger partial charge in [-0.1, -0.05) is 18.5 Å². The molecular formula is C18H25ClN2O3. The number of benzene rings is 1. The molecule has 2 aliphatic rings. The second-order valence-corrected chi connectivity index (χ2v) is 7.04. The second kappa shape index (κ2) is 7.62. The molecule has 0 aromatic heterocycles. The van der Waals surface area contributed by atoms with E-state index in [1.807, 2.05) is 6.07 Å². The molecule has 2 saturated heterocycles. The number of nitrogens with one attached hydrogen (secondary N) is 1. The standard InChI is InChI=1S/C18H25ClN2O3/c1-3-6-24-18-13(7-14(19)9-16(18)23-2)11-21-5-4-15-12(10-21)8-17(22)20-15/h7,9,12,15H,3-6,8,10-11H2,1-2H3,(H,20,22)/t12-,15+/m1/s1. The summed E-state index contributed by atoms with van der Waals surface area (Å²) in [5, 5.41) is 3.73. The van der Waals surface area contributed by atoms with Gasteiger partial charge in [0.1, 0.15) is 0 Å². The van der Waals surface area contributed by atoms with E-state index in [1.165, 1.54) is 0 Å². The molecule has 2 heterocycles. The number of carbonyl (C=O) groups excluding carboxylic acids is 1. The molecule has 0 unspecified atom stereocenters. The summed E-state index contributed by atoms with van der Waals surface area (Å²) in [6.07, 6.45) is 2.57. The average molecular weight is 353 g/mol. The molecular weight excluding hydrogens is 328 g/mol. The van der Waals surface area contributed by atoms with Crippen molar-refractivity contribution in [2.45, 2.75) is 38.8 Å². The monoisotopic (exact) mass is 352 g/mol. The highest BCUT2D eigenvalue weighted by Crippen LogP contribution is 2.36. The number of hydrogen-bond acceptors (Lipinski definition) is 4. The molecule has 0 radical (unpaired) electrons. The first-order valence-corrected chi connectivity index (χ1v) is 8.99. The summed E-state index contributed by atoms with van der Waals surface area (Å²) in [6, 6.07) is 4.10. The van der Waals surface area contributed by atoms with E-state index in [0.29, 0.717) is 35.8 Å². The number of hydrogen-bond donors (Lipinski definition) is 1. The Morgan fingerprint density at radius 1 is 1.42 bits per heavy atom. The zero-order valence-corrected chi connectivity index (χ0v) is 15.1. The first-order chi connectivity index (χ1) is 11.6. The van der Waals surface area contributed by atoms with Gasteiger partial charge in [0.15, 0.2) is 11.5 Å². The van der Waals surface area contributed by atoms with E-state index in [4.69, 9.17) is 21.1 Å². The van der Waals surface area contributed by atoms with Crippen LogP contribution in [0.25, 0.3) is 0 Å². The number of nitrogens with zero attached hydrogens (tertiary/aromatic N) is 1. The number of amides is 1. The first-order valence-electron chi connectivity index (χ1n) is 8.61. The highest BCUT2D eigenvalue weighted by Gasteiger charge is 2.36. The van der Waals surface area contributed by atoms with Crippen LogP contribution in [0.5, 0.6) is 11.5 Å². The summed E-state index contributed by atoms with van der Waals surface area (Å²) in [4.78, 5) is 14.0. The van der Waals surface area contributed by atoms with Gasteiger partial charge in [0, 0.05) is 54.7 Å². The van der Waals surface area contributed by atoms with Crippen molar-refractivity contribution in [3.05, 3.63) is 22.7 Å². The lowest BCUT2D eigenvalue weighted by atomic mass is 9.93. The first kappa shape index (κ1) is 17.4. The van der Waals surface area contributed by atoms with Gasteiger partial charge in [0.05, 0.1) is 13.7 Å². The molecule has 24 heavy (non-hydrogen) atoms. The van der Waals surface area contributed by atoms with Gasteiger partial charge < -0.3 is 14.8 Å². The van der Waals surface area contributed by atoms with E-state index < -0.39 is 0 Å². The minimum absolute atomic E-state index is 0.184. The quantitative estimate of drug-likeness (QED) is 0.855. The molecule has 1 amide bonds. The van der Waals surface area contributed by atoms with E-state index in [2.05, 4.69) is 17.1 Å². The van der Waals surface area contributed by atoms with Crippen LogP contribution in [-0.2, 0) is 11.3 Å². The molecule has 1 aromatic carbocycles. The van der Waals surface area contributed by atoms with Gasteiger partial charge in [0.25, 0.3) is 0 Å². The predicted molar refractivity (Wildman–Crippen MR) is 93.7 cm³/mol. The molecule has 2 fully saturated rings. The number of ether oxygens (including phenoxy) is 2. The Hall–Kier alpha value is -1.46. The number of halogens is 1. The molecule has 2 atom stereocenters. The average Bonchev–Trinajstić information content (AvgIpc) is 2.92. The zero-order chi connectivity index (χ0) is 17.1. The summed E-state index contributed by atoms with van der Waals surface area (Å²) in [5.74, 6) is 2.06. The van der Waals surface area contributed by atoms with Crippen LogP contribution in [0.3, 0.4) is 0 Å². The summed E-state index contributed by atoms with van der Waals surface area (Å²) in [5.41, 5.74) is 1.04. The SMILES string of the molecule is CCCOc1c(CN2CC[C@@H]3NC(=O)C[C@@H]3C2)cc(Cl)cc1OC. The maximum absolute atomic E-state index is 11.6. The fourth-order valence-corrected chi connectivity index (χ4v) is 3.88. The number of methoxy groups -OCH3 is 1. The topological polar surface area (TPSA) is 50.8 Å². The Balaban J connectivity index is 1.76. The molecule has 5 nitrogen and oxygen atoms in total. The van der Waals surface area contributed by atoms with Gasteiger partial charge in [-0.2, -0.15) is 0 Å². The van der Waals surface area contributed by atoms with Crippen molar-refractivity contribution in [2.24, 2.45) is 5.92 Å². The van der Waals surface area contributed by atoms with Crippen molar-refractivity contribution in [1.82, 2.24) is 10.2 Å². The smallest absolute Gasteiger partial charge is 0.220 e. The van der Waals surface area contributed by atoms with Gasteiger partial charge >= 0.3 is 0 Å². The number of piperidine rings is 1. The summed E-state index contributed by atoms with van der Waals surface area (Å²) in [7, 11) is 1.63. The van der Waals surface area contributed by atoms with Crippen LogP contribution in [0.15, 0.2) is 12.1 Å². The molecule has 1 aromatic rings. The van der Waals surface area contributed by atoms with Crippen molar-refractivity contribution in [2.75, 3.05) is 26.8 Å². The van der Waals surface area contributed by atoms with E-state index in [1.54, 1.807) is 13.2 Å². The fourth-order valence-electron chi connectivity index (χ4n) is 3.65. The molecule has 1 N–H and O–H groups in total. The minimum atomic E-state index is 0.184. The Morgan fingerprint density at radius 3 is 3.00 bits per heavy atom. The largest absolute Gasteiger partial charge is 0.493 e. The summed E-state index contributed by atoms with van der Waals surface area (Å²) < 4.78 is 11.4. The predicted octanol–water partition coefficient (Wildman–Crippen LogP) is 2.85. The maximum atomic E-state index is 11.6. The molecule has 0 saturated carbocycles. The molecule has 3 rings (SSSR count). The number of carbonyl (C=O) groups is 1. The Kier molecular flexibility index (Phi) is 5.51. The number of likely N-dealkylation sites (tertiary alicyclic amines) is 1. The normalized spacial score (nSPS) is 23.7. The van der Waals surface area contributed by atoms with Gasteiger partial charge in [-0.05, 0) is 18.9 Å². The third kappa shape index (κ3) is 3.78. The third-order valence-corrected chi connectivity index (χ3v) is 4.99. The molecule has 6 heteroatoms.